The first-order chi connectivity index (χ1) is 7.41. The van der Waals surface area contributed by atoms with E-state index in [1.54, 1.807) is 0 Å². The maximum atomic E-state index is 11.9. The zero-order valence-electron chi connectivity index (χ0n) is 11.4. The third kappa shape index (κ3) is 4.25. The van der Waals surface area contributed by atoms with Crippen LogP contribution in [0.25, 0.3) is 0 Å². The Kier molecular flexibility index (Phi) is 4.97. The summed E-state index contributed by atoms with van der Waals surface area (Å²) in [7, 11) is 0. The van der Waals surface area contributed by atoms with E-state index in [0.29, 0.717) is 18.2 Å². The molecule has 94 valence electrons. The van der Waals surface area contributed by atoms with Gasteiger partial charge in [0.1, 0.15) is 5.78 Å². The Balaban J connectivity index is 2.38. The highest BCUT2D eigenvalue weighted by atomic mass is 16.1. The van der Waals surface area contributed by atoms with E-state index in [-0.39, 0.29) is 5.41 Å². The van der Waals surface area contributed by atoms with Gasteiger partial charge in [-0.1, -0.05) is 33.6 Å². The van der Waals surface area contributed by atoms with Gasteiger partial charge in [0.2, 0.25) is 0 Å². The molecule has 0 aliphatic carbocycles. The standard InChI is InChI=1S/C14H27NO/c1-12-8-6-5-7-10-15(12)11-9-13(16)14(2,3)4/h12H,5-11H2,1-4H3. The van der Waals surface area contributed by atoms with Crippen molar-refractivity contribution in [3.8, 4) is 0 Å². The van der Waals surface area contributed by atoms with E-state index in [1.165, 1.54) is 32.2 Å². The molecular weight excluding hydrogens is 198 g/mol. The minimum Gasteiger partial charge on any atom is -0.300 e. The Morgan fingerprint density at radius 1 is 1.25 bits per heavy atom. The summed E-state index contributed by atoms with van der Waals surface area (Å²) in [6, 6.07) is 0.662. The summed E-state index contributed by atoms with van der Waals surface area (Å²) in [5, 5.41) is 0. The lowest BCUT2D eigenvalue weighted by Crippen LogP contribution is -2.35. The van der Waals surface area contributed by atoms with E-state index < -0.39 is 0 Å². The van der Waals surface area contributed by atoms with Crippen molar-refractivity contribution >= 4 is 5.78 Å². The van der Waals surface area contributed by atoms with Crippen LogP contribution < -0.4 is 0 Å². The van der Waals surface area contributed by atoms with Crippen LogP contribution in [0.15, 0.2) is 0 Å². The second kappa shape index (κ2) is 5.81. The van der Waals surface area contributed by atoms with Gasteiger partial charge in [-0.3, -0.25) is 4.79 Å². The van der Waals surface area contributed by atoms with Crippen LogP contribution in [-0.2, 0) is 4.79 Å². The largest absolute Gasteiger partial charge is 0.300 e. The van der Waals surface area contributed by atoms with Gasteiger partial charge in [0, 0.05) is 24.4 Å². The number of carbonyl (C=O) groups is 1. The van der Waals surface area contributed by atoms with E-state index in [1.807, 2.05) is 20.8 Å². The first kappa shape index (κ1) is 13.7. The molecule has 1 aliphatic rings. The Morgan fingerprint density at radius 3 is 2.56 bits per heavy atom. The van der Waals surface area contributed by atoms with Crippen LogP contribution in [0.5, 0.6) is 0 Å². The van der Waals surface area contributed by atoms with E-state index in [4.69, 9.17) is 0 Å². The molecule has 0 aromatic rings. The monoisotopic (exact) mass is 225 g/mol. The number of rotatable bonds is 3. The van der Waals surface area contributed by atoms with Gasteiger partial charge in [-0.2, -0.15) is 0 Å². The van der Waals surface area contributed by atoms with E-state index in [9.17, 15) is 4.79 Å². The molecule has 1 aliphatic heterocycles. The number of likely N-dealkylation sites (tertiary alicyclic amines) is 1. The molecule has 16 heavy (non-hydrogen) atoms. The average Bonchev–Trinajstić information content (AvgIpc) is 2.38. The number of hydrogen-bond donors (Lipinski definition) is 0. The Hall–Kier alpha value is -0.370. The molecule has 0 N–H and O–H groups in total. The molecule has 1 heterocycles. The lowest BCUT2D eigenvalue weighted by molar-refractivity contribution is -0.126. The molecule has 0 aromatic carbocycles. The lowest BCUT2D eigenvalue weighted by atomic mass is 9.89. The van der Waals surface area contributed by atoms with Gasteiger partial charge < -0.3 is 4.90 Å². The average molecular weight is 225 g/mol. The lowest BCUT2D eigenvalue weighted by Gasteiger charge is -2.27. The summed E-state index contributed by atoms with van der Waals surface area (Å²) in [6.45, 7) is 10.5. The molecule has 0 bridgehead atoms. The zero-order chi connectivity index (χ0) is 12.2. The summed E-state index contributed by atoms with van der Waals surface area (Å²) >= 11 is 0. The summed E-state index contributed by atoms with van der Waals surface area (Å²) in [5.74, 6) is 0.393. The van der Waals surface area contributed by atoms with Crippen molar-refractivity contribution in [2.24, 2.45) is 5.41 Å². The molecule has 1 rings (SSSR count). The molecule has 1 atom stereocenters. The fourth-order valence-electron chi connectivity index (χ4n) is 2.29. The summed E-state index contributed by atoms with van der Waals surface area (Å²) in [6.07, 6.45) is 6.02. The fourth-order valence-corrected chi connectivity index (χ4v) is 2.29. The van der Waals surface area contributed by atoms with Crippen molar-refractivity contribution in [1.29, 1.82) is 0 Å². The molecule has 0 aromatic heterocycles. The minimum atomic E-state index is -0.172. The van der Waals surface area contributed by atoms with Crippen LogP contribution in [0.2, 0.25) is 0 Å². The first-order valence-corrected chi connectivity index (χ1v) is 6.68. The van der Waals surface area contributed by atoms with Gasteiger partial charge in [-0.05, 0) is 26.3 Å². The van der Waals surface area contributed by atoms with Crippen molar-refractivity contribution in [2.75, 3.05) is 13.1 Å². The van der Waals surface area contributed by atoms with Crippen molar-refractivity contribution < 1.29 is 4.79 Å². The normalized spacial score (nSPS) is 24.1. The fraction of sp³-hybridized carbons (Fsp3) is 0.929. The third-order valence-electron chi connectivity index (χ3n) is 3.65. The molecule has 0 radical (unpaired) electrons. The molecule has 1 fully saturated rings. The van der Waals surface area contributed by atoms with E-state index in [2.05, 4.69) is 11.8 Å². The van der Waals surface area contributed by atoms with Gasteiger partial charge in [-0.25, -0.2) is 0 Å². The highest BCUT2D eigenvalue weighted by Gasteiger charge is 2.23. The van der Waals surface area contributed by atoms with Crippen LogP contribution in [0.3, 0.4) is 0 Å². The van der Waals surface area contributed by atoms with E-state index >= 15 is 0 Å². The zero-order valence-corrected chi connectivity index (χ0v) is 11.4. The molecular formula is C14H27NO. The maximum absolute atomic E-state index is 11.9. The predicted octanol–water partition coefficient (Wildman–Crippen LogP) is 3.26. The van der Waals surface area contributed by atoms with Gasteiger partial charge in [0.25, 0.3) is 0 Å². The highest BCUT2D eigenvalue weighted by Crippen LogP contribution is 2.20. The number of nitrogens with zero attached hydrogens (tertiary/aromatic N) is 1. The predicted molar refractivity (Wildman–Crippen MR) is 68.6 cm³/mol. The third-order valence-corrected chi connectivity index (χ3v) is 3.65. The molecule has 0 saturated carbocycles. The van der Waals surface area contributed by atoms with Crippen LogP contribution in [0, 0.1) is 5.41 Å². The number of Topliss-reactive ketones (excluding diaryl/α,β-unsaturated/α-hetero) is 1. The van der Waals surface area contributed by atoms with Crippen LogP contribution in [-0.4, -0.2) is 29.8 Å². The molecule has 0 amide bonds. The van der Waals surface area contributed by atoms with Crippen LogP contribution in [0.1, 0.15) is 59.8 Å². The van der Waals surface area contributed by atoms with E-state index in [0.717, 1.165) is 6.54 Å². The van der Waals surface area contributed by atoms with Gasteiger partial charge >= 0.3 is 0 Å². The molecule has 1 saturated heterocycles. The molecule has 0 spiro atoms. The Bertz CT molecular complexity index is 229. The topological polar surface area (TPSA) is 20.3 Å². The maximum Gasteiger partial charge on any atom is 0.139 e. The summed E-state index contributed by atoms with van der Waals surface area (Å²) in [4.78, 5) is 14.4. The smallest absolute Gasteiger partial charge is 0.139 e. The molecule has 2 nitrogen and oxygen atoms in total. The number of hydrogen-bond acceptors (Lipinski definition) is 2. The summed E-state index contributed by atoms with van der Waals surface area (Å²) < 4.78 is 0. The van der Waals surface area contributed by atoms with Crippen molar-refractivity contribution in [1.82, 2.24) is 4.90 Å². The Labute approximate surface area is 100 Å². The second-order valence-electron chi connectivity index (χ2n) is 6.16. The van der Waals surface area contributed by atoms with Crippen molar-refractivity contribution in [3.63, 3.8) is 0 Å². The SMILES string of the molecule is CC1CCCCCN1CCC(=O)C(C)(C)C. The summed E-state index contributed by atoms with van der Waals surface area (Å²) in [5.41, 5.74) is -0.172. The first-order valence-electron chi connectivity index (χ1n) is 6.68. The van der Waals surface area contributed by atoms with Crippen molar-refractivity contribution in [2.45, 2.75) is 65.8 Å². The van der Waals surface area contributed by atoms with Crippen LogP contribution in [0.4, 0.5) is 0 Å². The highest BCUT2D eigenvalue weighted by molar-refractivity contribution is 5.83. The van der Waals surface area contributed by atoms with Gasteiger partial charge in [0.05, 0.1) is 0 Å². The van der Waals surface area contributed by atoms with Gasteiger partial charge in [0.15, 0.2) is 0 Å². The van der Waals surface area contributed by atoms with Gasteiger partial charge in [-0.15, -0.1) is 0 Å². The van der Waals surface area contributed by atoms with Crippen LogP contribution >= 0.6 is 0 Å². The minimum absolute atomic E-state index is 0.172. The Morgan fingerprint density at radius 2 is 1.94 bits per heavy atom. The molecule has 2 heteroatoms. The quantitative estimate of drug-likeness (QED) is 0.735. The van der Waals surface area contributed by atoms with Crippen molar-refractivity contribution in [3.05, 3.63) is 0 Å². The number of ketones is 1. The second-order valence-corrected chi connectivity index (χ2v) is 6.16. The molecule has 1 unspecified atom stereocenters. The number of carbonyl (C=O) groups excluding carboxylic acids is 1.